The molecule has 8 heteroatoms. The minimum atomic E-state index is -0.963. The zero-order valence-corrected chi connectivity index (χ0v) is 16.5. The van der Waals surface area contributed by atoms with Gasteiger partial charge in [0.1, 0.15) is 11.5 Å². The summed E-state index contributed by atoms with van der Waals surface area (Å²) in [5, 5.41) is 27.6. The summed E-state index contributed by atoms with van der Waals surface area (Å²) in [4.78, 5) is 12.0. The van der Waals surface area contributed by atoms with Crippen LogP contribution < -0.4 is 10.5 Å². The van der Waals surface area contributed by atoms with Gasteiger partial charge in [0, 0.05) is 30.8 Å². The van der Waals surface area contributed by atoms with E-state index in [1.807, 2.05) is 31.2 Å². The van der Waals surface area contributed by atoms with Crippen molar-refractivity contribution in [1.82, 2.24) is 4.90 Å². The first-order chi connectivity index (χ1) is 13.7. The van der Waals surface area contributed by atoms with Gasteiger partial charge in [-0.1, -0.05) is 12.1 Å². The minimum Gasteiger partial charge on any atom is -0.508 e. The molecular formula is C21H27FN2O5. The number of hydrogen-bond acceptors (Lipinski definition) is 5. The van der Waals surface area contributed by atoms with Gasteiger partial charge in [0.15, 0.2) is 11.6 Å². The minimum absolute atomic E-state index is 0.0873. The topological polar surface area (TPSA) is 116 Å². The van der Waals surface area contributed by atoms with Crippen LogP contribution in [0.25, 0.3) is 0 Å². The number of halogens is 1. The van der Waals surface area contributed by atoms with Crippen LogP contribution >= 0.6 is 0 Å². The van der Waals surface area contributed by atoms with E-state index >= 15 is 0 Å². The molecular weight excluding hydrogens is 379 g/mol. The molecule has 1 heterocycles. The van der Waals surface area contributed by atoms with Crippen LogP contribution in [-0.4, -0.2) is 46.5 Å². The smallest absolute Gasteiger partial charge is 0.407 e. The number of piperidine rings is 1. The Kier molecular flexibility index (Phi) is 7.67. The van der Waals surface area contributed by atoms with Crippen molar-refractivity contribution in [3.05, 3.63) is 53.3 Å². The van der Waals surface area contributed by atoms with E-state index in [1.54, 1.807) is 7.11 Å². The highest BCUT2D eigenvalue weighted by atomic mass is 19.1. The summed E-state index contributed by atoms with van der Waals surface area (Å²) >= 11 is 0. The van der Waals surface area contributed by atoms with Gasteiger partial charge in [-0.25, -0.2) is 9.18 Å². The number of hydrogen-bond donors (Lipinski definition) is 4. The fourth-order valence-corrected chi connectivity index (χ4v) is 3.18. The number of ether oxygens (including phenoxy) is 1. The van der Waals surface area contributed by atoms with E-state index in [9.17, 15) is 14.3 Å². The molecule has 1 fully saturated rings. The summed E-state index contributed by atoms with van der Waals surface area (Å²) in [7, 11) is 1.65. The molecule has 2 aromatic carbocycles. The van der Waals surface area contributed by atoms with Gasteiger partial charge in [0.2, 0.25) is 0 Å². The largest absolute Gasteiger partial charge is 0.508 e. The zero-order chi connectivity index (χ0) is 21.6. The summed E-state index contributed by atoms with van der Waals surface area (Å²) in [5.41, 5.74) is 7.22. The zero-order valence-electron chi connectivity index (χ0n) is 16.5. The molecule has 3 rings (SSSR count). The van der Waals surface area contributed by atoms with Crippen LogP contribution in [0.15, 0.2) is 36.4 Å². The van der Waals surface area contributed by atoms with Gasteiger partial charge >= 0.3 is 6.09 Å². The summed E-state index contributed by atoms with van der Waals surface area (Å²) in [6.07, 6.45) is 0.100. The van der Waals surface area contributed by atoms with Crippen molar-refractivity contribution < 1.29 is 29.2 Å². The van der Waals surface area contributed by atoms with Crippen molar-refractivity contribution in [1.29, 1.82) is 0 Å². The van der Waals surface area contributed by atoms with Gasteiger partial charge in [-0.3, -0.25) is 0 Å². The number of nitrogens with zero attached hydrogens (tertiary/aromatic N) is 1. The van der Waals surface area contributed by atoms with E-state index in [0.29, 0.717) is 31.5 Å². The Bertz CT molecular complexity index is 819. The third-order valence-electron chi connectivity index (χ3n) is 4.94. The van der Waals surface area contributed by atoms with Crippen molar-refractivity contribution >= 4 is 6.09 Å². The Hall–Kier alpha value is -3.00. The second-order valence-electron chi connectivity index (χ2n) is 6.97. The predicted molar refractivity (Wildman–Crippen MR) is 107 cm³/mol. The molecule has 0 spiro atoms. The molecule has 2 aromatic rings. The average Bonchev–Trinajstić information content (AvgIpc) is 2.71. The standard InChI is InChI=1S/C12H14FNO4.C9H13NO/c13-9-5-8(10(15)6-11(9)16)7-1-3-14(4-2-7)12(17)18;1-7(10)8-3-5-9(11-2)6-4-8/h5-7,15-16H,1-4H2,(H,17,18);3-7H,10H2,1-2H3/t;7-/m.0/s1. The number of likely N-dealkylation sites (tertiary alicyclic amines) is 1. The molecule has 0 saturated carbocycles. The molecule has 29 heavy (non-hydrogen) atoms. The molecule has 0 unspecified atom stereocenters. The molecule has 1 atom stereocenters. The number of aromatic hydroxyl groups is 2. The lowest BCUT2D eigenvalue weighted by Gasteiger charge is -2.30. The number of phenols is 2. The van der Waals surface area contributed by atoms with E-state index in [2.05, 4.69) is 0 Å². The molecule has 1 aliphatic heterocycles. The van der Waals surface area contributed by atoms with Gasteiger partial charge in [-0.05, 0) is 49.4 Å². The van der Waals surface area contributed by atoms with E-state index in [4.69, 9.17) is 20.7 Å². The first-order valence-electron chi connectivity index (χ1n) is 9.31. The maximum atomic E-state index is 13.3. The predicted octanol–water partition coefficient (Wildman–Crippen LogP) is 3.81. The van der Waals surface area contributed by atoms with E-state index in [1.165, 1.54) is 4.90 Å². The Morgan fingerprint density at radius 3 is 2.24 bits per heavy atom. The lowest BCUT2D eigenvalue weighted by atomic mass is 9.89. The Balaban J connectivity index is 0.000000234. The van der Waals surface area contributed by atoms with E-state index in [0.717, 1.165) is 23.4 Å². The molecule has 1 aliphatic rings. The Morgan fingerprint density at radius 1 is 1.17 bits per heavy atom. The van der Waals surface area contributed by atoms with Crippen LogP contribution in [0.4, 0.5) is 9.18 Å². The molecule has 0 aliphatic carbocycles. The van der Waals surface area contributed by atoms with Crippen LogP contribution in [0.2, 0.25) is 0 Å². The van der Waals surface area contributed by atoms with Gasteiger partial charge < -0.3 is 30.7 Å². The first kappa shape index (κ1) is 22.3. The molecule has 1 saturated heterocycles. The quantitative estimate of drug-likeness (QED) is 0.616. The van der Waals surface area contributed by atoms with Crippen molar-refractivity contribution in [3.8, 4) is 17.2 Å². The fraction of sp³-hybridized carbons (Fsp3) is 0.381. The molecule has 1 amide bonds. The number of carboxylic acid groups (broad SMARTS) is 1. The third kappa shape index (κ3) is 5.99. The van der Waals surface area contributed by atoms with Crippen LogP contribution in [0.5, 0.6) is 17.2 Å². The van der Waals surface area contributed by atoms with Crippen LogP contribution in [-0.2, 0) is 0 Å². The lowest BCUT2D eigenvalue weighted by Crippen LogP contribution is -2.36. The third-order valence-corrected chi connectivity index (χ3v) is 4.94. The van der Waals surface area contributed by atoms with Crippen molar-refractivity contribution in [2.24, 2.45) is 5.73 Å². The van der Waals surface area contributed by atoms with E-state index < -0.39 is 17.7 Å². The Labute approximate surface area is 169 Å². The first-order valence-corrected chi connectivity index (χ1v) is 9.31. The molecule has 158 valence electrons. The number of amides is 1. The summed E-state index contributed by atoms with van der Waals surface area (Å²) < 4.78 is 18.3. The Morgan fingerprint density at radius 2 is 1.76 bits per heavy atom. The maximum Gasteiger partial charge on any atom is 0.407 e. The molecule has 0 aromatic heterocycles. The second kappa shape index (κ2) is 9.97. The summed E-state index contributed by atoms with van der Waals surface area (Å²) in [6.45, 7) is 2.69. The van der Waals surface area contributed by atoms with Gasteiger partial charge in [-0.15, -0.1) is 0 Å². The highest BCUT2D eigenvalue weighted by molar-refractivity contribution is 5.65. The van der Waals surface area contributed by atoms with E-state index in [-0.39, 0.29) is 17.7 Å². The summed E-state index contributed by atoms with van der Waals surface area (Å²) in [5.74, 6) is -0.726. The number of rotatable bonds is 3. The highest BCUT2D eigenvalue weighted by Crippen LogP contribution is 2.36. The SMILES string of the molecule is COc1ccc([C@H](C)N)cc1.O=C(O)N1CCC(c2cc(F)c(O)cc2O)CC1. The molecule has 5 N–H and O–H groups in total. The highest BCUT2D eigenvalue weighted by Gasteiger charge is 2.26. The van der Waals surface area contributed by atoms with Crippen molar-refractivity contribution in [2.45, 2.75) is 31.7 Å². The number of nitrogens with two attached hydrogens (primary N) is 1. The number of benzene rings is 2. The van der Waals surface area contributed by atoms with Crippen LogP contribution in [0, 0.1) is 5.82 Å². The van der Waals surface area contributed by atoms with Gasteiger partial charge in [-0.2, -0.15) is 0 Å². The normalized spacial score (nSPS) is 15.2. The lowest BCUT2D eigenvalue weighted by molar-refractivity contribution is 0.132. The van der Waals surface area contributed by atoms with Crippen molar-refractivity contribution in [3.63, 3.8) is 0 Å². The molecule has 7 nitrogen and oxygen atoms in total. The number of carbonyl (C=O) groups is 1. The molecule has 0 bridgehead atoms. The number of methoxy groups -OCH3 is 1. The number of phenolic OH excluding ortho intramolecular Hbond substituents is 2. The van der Waals surface area contributed by atoms with Gasteiger partial charge in [0.25, 0.3) is 0 Å². The average molecular weight is 406 g/mol. The van der Waals surface area contributed by atoms with Crippen LogP contribution in [0.1, 0.15) is 42.9 Å². The van der Waals surface area contributed by atoms with Gasteiger partial charge in [0.05, 0.1) is 7.11 Å². The van der Waals surface area contributed by atoms with Crippen LogP contribution in [0.3, 0.4) is 0 Å². The van der Waals surface area contributed by atoms with Crippen molar-refractivity contribution in [2.75, 3.05) is 20.2 Å². The monoisotopic (exact) mass is 406 g/mol. The second-order valence-corrected chi connectivity index (χ2v) is 6.97. The summed E-state index contributed by atoms with van der Waals surface area (Å²) in [6, 6.07) is 9.98. The maximum absolute atomic E-state index is 13.3. The molecule has 0 radical (unpaired) electrons. The fourth-order valence-electron chi connectivity index (χ4n) is 3.18.